The highest BCUT2D eigenvalue weighted by molar-refractivity contribution is 6.04. The molecule has 10 heteroatoms. The van der Waals surface area contributed by atoms with Crippen LogP contribution in [0, 0.1) is 24.0 Å². The molecule has 4 heterocycles. The zero-order valence-electron chi connectivity index (χ0n) is 23.7. The van der Waals surface area contributed by atoms with Crippen LogP contribution in [-0.2, 0) is 4.74 Å². The van der Waals surface area contributed by atoms with Crippen LogP contribution in [0.5, 0.6) is 11.8 Å². The SMILES string of the molecule is C#Cc1c(F)ccc2cc(O)cc(-c3ccc4c(N5CCOC(C)C5)nc(OCC56CCCN5CC(F)C6)nc4c3F)c12. The van der Waals surface area contributed by atoms with Gasteiger partial charge < -0.3 is 19.5 Å². The number of phenolic OH excluding ortho intramolecular Hbond substituents is 1. The zero-order chi connectivity index (χ0) is 29.9. The molecule has 7 rings (SSSR count). The van der Waals surface area contributed by atoms with Gasteiger partial charge in [0.15, 0.2) is 5.82 Å². The minimum atomic E-state index is -0.915. The van der Waals surface area contributed by atoms with E-state index in [1.165, 1.54) is 24.3 Å². The molecule has 0 aliphatic carbocycles. The maximum atomic E-state index is 16.7. The summed E-state index contributed by atoms with van der Waals surface area (Å²) in [6, 6.07) is 8.85. The molecule has 0 saturated carbocycles. The lowest BCUT2D eigenvalue weighted by Crippen LogP contribution is -2.44. The van der Waals surface area contributed by atoms with Gasteiger partial charge in [0, 0.05) is 42.4 Å². The highest BCUT2D eigenvalue weighted by Crippen LogP contribution is 2.42. The van der Waals surface area contributed by atoms with Crippen LogP contribution < -0.4 is 9.64 Å². The fourth-order valence-electron chi connectivity index (χ4n) is 7.08. The predicted molar refractivity (Wildman–Crippen MR) is 158 cm³/mol. The highest BCUT2D eigenvalue weighted by atomic mass is 19.1. The fourth-order valence-corrected chi connectivity index (χ4v) is 7.08. The number of aromatic hydroxyl groups is 1. The van der Waals surface area contributed by atoms with Crippen molar-refractivity contribution >= 4 is 27.5 Å². The third-order valence-corrected chi connectivity index (χ3v) is 9.02. The van der Waals surface area contributed by atoms with E-state index < -0.39 is 23.3 Å². The van der Waals surface area contributed by atoms with Gasteiger partial charge in [0.1, 0.15) is 35.7 Å². The second-order valence-electron chi connectivity index (χ2n) is 11.8. The molecule has 4 aromatic rings. The van der Waals surface area contributed by atoms with Gasteiger partial charge >= 0.3 is 6.01 Å². The van der Waals surface area contributed by atoms with E-state index in [-0.39, 0.29) is 46.7 Å². The number of ether oxygens (including phenoxy) is 2. The minimum Gasteiger partial charge on any atom is -0.508 e. The summed E-state index contributed by atoms with van der Waals surface area (Å²) in [5.74, 6) is 1.47. The largest absolute Gasteiger partial charge is 0.508 e. The fraction of sp³-hybridized carbons (Fsp3) is 0.394. The van der Waals surface area contributed by atoms with E-state index >= 15 is 4.39 Å². The first-order chi connectivity index (χ1) is 20.8. The molecule has 3 saturated heterocycles. The Morgan fingerprint density at radius 2 is 2.00 bits per heavy atom. The topological polar surface area (TPSA) is 71.0 Å². The van der Waals surface area contributed by atoms with Gasteiger partial charge in [-0.1, -0.05) is 18.1 Å². The number of terminal acetylenes is 1. The second kappa shape index (κ2) is 10.6. The first-order valence-corrected chi connectivity index (χ1v) is 14.6. The van der Waals surface area contributed by atoms with Gasteiger partial charge in [0.2, 0.25) is 0 Å². The molecule has 1 N–H and O–H groups in total. The number of anilines is 1. The van der Waals surface area contributed by atoms with Gasteiger partial charge in [0.05, 0.1) is 23.8 Å². The first kappa shape index (κ1) is 27.7. The summed E-state index contributed by atoms with van der Waals surface area (Å²) in [5, 5.41) is 11.8. The maximum Gasteiger partial charge on any atom is 0.319 e. The lowest BCUT2D eigenvalue weighted by molar-refractivity contribution is 0.0529. The highest BCUT2D eigenvalue weighted by Gasteiger charge is 2.49. The molecule has 222 valence electrons. The standard InChI is InChI=1S/C33H31F3N4O3/c1-3-23-27(35)8-5-20-13-22(41)14-26(28(20)23)24-6-7-25-30(29(24)36)37-32(38-31(25)39-11-12-42-19(2)16-39)43-18-33-9-4-10-40(33)17-21(34)15-33/h1,5-8,13-14,19,21,41H,4,9-12,15-18H2,2H3. The number of alkyl halides is 1. The maximum absolute atomic E-state index is 16.7. The second-order valence-corrected chi connectivity index (χ2v) is 11.8. The number of rotatable bonds is 5. The van der Waals surface area contributed by atoms with Crippen molar-refractivity contribution in [3.63, 3.8) is 0 Å². The lowest BCUT2D eigenvalue weighted by Gasteiger charge is -2.33. The number of hydrogen-bond acceptors (Lipinski definition) is 7. The molecule has 0 radical (unpaired) electrons. The Hall–Kier alpha value is -4.07. The molecular weight excluding hydrogens is 557 g/mol. The zero-order valence-corrected chi connectivity index (χ0v) is 23.7. The summed E-state index contributed by atoms with van der Waals surface area (Å²) in [6.07, 6.45) is 6.84. The first-order valence-electron chi connectivity index (χ1n) is 14.6. The van der Waals surface area contributed by atoms with E-state index in [2.05, 4.69) is 15.8 Å². The third-order valence-electron chi connectivity index (χ3n) is 9.02. The molecule has 1 aromatic heterocycles. The van der Waals surface area contributed by atoms with E-state index in [0.29, 0.717) is 54.6 Å². The van der Waals surface area contributed by atoms with E-state index in [4.69, 9.17) is 20.9 Å². The number of hydrogen-bond donors (Lipinski definition) is 1. The summed E-state index contributed by atoms with van der Waals surface area (Å²) in [4.78, 5) is 13.4. The average Bonchev–Trinajstić information content (AvgIpc) is 3.51. The number of morpholine rings is 1. The molecule has 3 aliphatic heterocycles. The van der Waals surface area contributed by atoms with Crippen molar-refractivity contribution in [2.75, 3.05) is 44.3 Å². The molecular formula is C33H31F3N4O3. The number of halogens is 3. The summed E-state index contributed by atoms with van der Waals surface area (Å²) in [7, 11) is 0. The van der Waals surface area contributed by atoms with Gasteiger partial charge in [-0.2, -0.15) is 9.97 Å². The molecule has 3 aromatic carbocycles. The molecule has 0 bridgehead atoms. The van der Waals surface area contributed by atoms with Gasteiger partial charge in [-0.25, -0.2) is 13.2 Å². The van der Waals surface area contributed by atoms with Crippen LogP contribution in [-0.4, -0.2) is 77.2 Å². The van der Waals surface area contributed by atoms with Crippen LogP contribution >= 0.6 is 0 Å². The van der Waals surface area contributed by atoms with Crippen molar-refractivity contribution in [3.8, 4) is 35.2 Å². The monoisotopic (exact) mass is 588 g/mol. The molecule has 43 heavy (non-hydrogen) atoms. The molecule has 0 spiro atoms. The van der Waals surface area contributed by atoms with E-state index in [0.717, 1.165) is 19.4 Å². The normalized spacial score (nSPS) is 24.0. The number of fused-ring (bicyclic) bond motifs is 3. The van der Waals surface area contributed by atoms with Crippen molar-refractivity contribution in [1.29, 1.82) is 0 Å². The number of aromatic nitrogens is 2. The predicted octanol–water partition coefficient (Wildman–Crippen LogP) is 5.60. The molecule has 3 unspecified atom stereocenters. The quantitative estimate of drug-likeness (QED) is 0.305. The minimum absolute atomic E-state index is 0.00245. The van der Waals surface area contributed by atoms with Crippen LogP contribution in [0.1, 0.15) is 31.7 Å². The van der Waals surface area contributed by atoms with Crippen molar-refractivity contribution in [2.24, 2.45) is 0 Å². The average molecular weight is 589 g/mol. The molecule has 3 fully saturated rings. The number of nitrogens with zero attached hydrogens (tertiary/aromatic N) is 4. The van der Waals surface area contributed by atoms with Crippen LogP contribution in [0.4, 0.5) is 19.0 Å². The summed E-state index contributed by atoms with van der Waals surface area (Å²) < 4.78 is 57.8. The Labute approximate surface area is 247 Å². The van der Waals surface area contributed by atoms with E-state index in [1.807, 2.05) is 11.8 Å². The van der Waals surface area contributed by atoms with Gasteiger partial charge in [-0.15, -0.1) is 6.42 Å². The van der Waals surface area contributed by atoms with Gasteiger partial charge in [0.25, 0.3) is 0 Å². The summed E-state index contributed by atoms with van der Waals surface area (Å²) in [5.41, 5.74) is -0.0998. The third kappa shape index (κ3) is 4.71. The summed E-state index contributed by atoms with van der Waals surface area (Å²) >= 11 is 0. The van der Waals surface area contributed by atoms with Gasteiger partial charge in [-0.05, 0) is 61.5 Å². The Morgan fingerprint density at radius 1 is 1.14 bits per heavy atom. The Balaban J connectivity index is 1.38. The molecule has 0 amide bonds. The van der Waals surface area contributed by atoms with Crippen molar-refractivity contribution in [3.05, 3.63) is 53.6 Å². The number of benzene rings is 3. The van der Waals surface area contributed by atoms with Crippen LogP contribution in [0.25, 0.3) is 32.8 Å². The van der Waals surface area contributed by atoms with Crippen molar-refractivity contribution in [2.45, 2.75) is 44.0 Å². The molecule has 3 atom stereocenters. The van der Waals surface area contributed by atoms with Gasteiger partial charge in [-0.3, -0.25) is 4.90 Å². The van der Waals surface area contributed by atoms with E-state index in [1.54, 1.807) is 12.1 Å². The van der Waals surface area contributed by atoms with Crippen LogP contribution in [0.15, 0.2) is 36.4 Å². The van der Waals surface area contributed by atoms with Crippen molar-refractivity contribution in [1.82, 2.24) is 14.9 Å². The smallest absolute Gasteiger partial charge is 0.319 e. The molecule has 3 aliphatic rings. The van der Waals surface area contributed by atoms with Crippen molar-refractivity contribution < 1.29 is 27.8 Å². The number of phenols is 1. The van der Waals surface area contributed by atoms with Crippen LogP contribution in [0.3, 0.4) is 0 Å². The van der Waals surface area contributed by atoms with E-state index in [9.17, 15) is 13.9 Å². The van der Waals surface area contributed by atoms with Crippen LogP contribution in [0.2, 0.25) is 0 Å². The summed E-state index contributed by atoms with van der Waals surface area (Å²) in [6.45, 7) is 4.92. The Morgan fingerprint density at radius 3 is 2.81 bits per heavy atom. The Bertz CT molecular complexity index is 1790. The Kier molecular flexibility index (Phi) is 6.83. The lowest BCUT2D eigenvalue weighted by atomic mass is 9.93. The molecule has 7 nitrogen and oxygen atoms in total.